The summed E-state index contributed by atoms with van der Waals surface area (Å²) in [5, 5.41) is 0. The Morgan fingerprint density at radius 3 is 2.56 bits per heavy atom. The third-order valence-corrected chi connectivity index (χ3v) is 4.65. The Bertz CT molecular complexity index is 514. The van der Waals surface area contributed by atoms with Crippen molar-refractivity contribution in [2.75, 3.05) is 35.9 Å². The zero-order valence-electron chi connectivity index (χ0n) is 10.2. The van der Waals surface area contributed by atoms with Crippen LogP contribution in [0.2, 0.25) is 0 Å². The molecule has 0 spiro atoms. The second-order valence-electron chi connectivity index (χ2n) is 3.86. The number of hydrogen-bond acceptors (Lipinski definition) is 5. The Morgan fingerprint density at radius 2 is 1.94 bits per heavy atom. The summed E-state index contributed by atoms with van der Waals surface area (Å²) < 4.78 is 38.7. The van der Waals surface area contributed by atoms with E-state index >= 15 is 0 Å². The SMILES string of the molecule is CS(=O)(=O)CCS(=O)CCOc1ccccc1N. The maximum Gasteiger partial charge on any atom is 0.148 e. The molecule has 0 fully saturated rings. The first kappa shape index (κ1) is 15.0. The number of rotatable bonds is 7. The van der Waals surface area contributed by atoms with Gasteiger partial charge in [-0.25, -0.2) is 8.42 Å². The van der Waals surface area contributed by atoms with E-state index in [0.717, 1.165) is 6.26 Å². The number of nitrogens with two attached hydrogens (primary N) is 1. The molecular formula is C11H17NO4S2. The number of hydrogen-bond donors (Lipinski definition) is 1. The van der Waals surface area contributed by atoms with Crippen LogP contribution in [0, 0.1) is 0 Å². The predicted molar refractivity (Wildman–Crippen MR) is 73.9 cm³/mol. The number of nitrogen functional groups attached to an aromatic ring is 1. The van der Waals surface area contributed by atoms with Gasteiger partial charge in [-0.3, -0.25) is 4.21 Å². The molecule has 2 N–H and O–H groups in total. The molecule has 0 aliphatic carbocycles. The lowest BCUT2D eigenvalue weighted by Gasteiger charge is -2.08. The highest BCUT2D eigenvalue weighted by Crippen LogP contribution is 2.19. The highest BCUT2D eigenvalue weighted by Gasteiger charge is 2.07. The maximum absolute atomic E-state index is 11.5. The van der Waals surface area contributed by atoms with E-state index in [2.05, 4.69) is 0 Å². The van der Waals surface area contributed by atoms with Crippen LogP contribution in [-0.2, 0) is 20.6 Å². The number of benzene rings is 1. The van der Waals surface area contributed by atoms with E-state index in [-0.39, 0.29) is 18.1 Å². The average Bonchev–Trinajstić information content (AvgIpc) is 2.28. The van der Waals surface area contributed by atoms with Gasteiger partial charge in [0.15, 0.2) is 0 Å². The molecule has 0 bridgehead atoms. The molecule has 102 valence electrons. The molecule has 7 heteroatoms. The molecule has 0 radical (unpaired) electrons. The van der Waals surface area contributed by atoms with Crippen molar-refractivity contribution in [2.45, 2.75) is 0 Å². The molecule has 0 aliphatic rings. The van der Waals surface area contributed by atoms with Crippen LogP contribution >= 0.6 is 0 Å². The van der Waals surface area contributed by atoms with Gasteiger partial charge < -0.3 is 10.5 Å². The third kappa shape index (κ3) is 6.02. The summed E-state index contributed by atoms with van der Waals surface area (Å²) >= 11 is 0. The highest BCUT2D eigenvalue weighted by atomic mass is 32.2. The van der Waals surface area contributed by atoms with Crippen LogP contribution in [0.4, 0.5) is 5.69 Å². The van der Waals surface area contributed by atoms with Crippen molar-refractivity contribution < 1.29 is 17.4 Å². The summed E-state index contributed by atoms with van der Waals surface area (Å²) in [5.41, 5.74) is 6.20. The summed E-state index contributed by atoms with van der Waals surface area (Å²) in [6, 6.07) is 7.05. The smallest absolute Gasteiger partial charge is 0.148 e. The molecule has 1 atom stereocenters. The highest BCUT2D eigenvalue weighted by molar-refractivity contribution is 7.92. The van der Waals surface area contributed by atoms with Crippen LogP contribution in [0.3, 0.4) is 0 Å². The minimum atomic E-state index is -3.06. The summed E-state index contributed by atoms with van der Waals surface area (Å²) in [4.78, 5) is 0. The van der Waals surface area contributed by atoms with Crippen molar-refractivity contribution >= 4 is 26.3 Å². The molecule has 1 aromatic carbocycles. The lowest BCUT2D eigenvalue weighted by molar-refractivity contribution is 0.344. The Labute approximate surface area is 110 Å². The molecule has 0 saturated carbocycles. The third-order valence-electron chi connectivity index (χ3n) is 2.17. The quantitative estimate of drug-likeness (QED) is 0.737. The molecule has 18 heavy (non-hydrogen) atoms. The molecule has 5 nitrogen and oxygen atoms in total. The van der Waals surface area contributed by atoms with Crippen molar-refractivity contribution in [1.82, 2.24) is 0 Å². The van der Waals surface area contributed by atoms with E-state index in [1.54, 1.807) is 24.3 Å². The van der Waals surface area contributed by atoms with E-state index in [0.29, 0.717) is 17.2 Å². The summed E-state index contributed by atoms with van der Waals surface area (Å²) in [6.07, 6.45) is 1.13. The van der Waals surface area contributed by atoms with Gasteiger partial charge in [-0.2, -0.15) is 0 Å². The monoisotopic (exact) mass is 291 g/mol. The summed E-state index contributed by atoms with van der Waals surface area (Å²) in [5.74, 6) is 0.932. The van der Waals surface area contributed by atoms with Gasteiger partial charge in [0.25, 0.3) is 0 Å². The molecule has 0 amide bonds. The normalized spacial score (nSPS) is 13.2. The van der Waals surface area contributed by atoms with E-state index < -0.39 is 20.6 Å². The number of ether oxygens (including phenoxy) is 1. The predicted octanol–water partition coefficient (Wildman–Crippen LogP) is 0.441. The molecule has 1 rings (SSSR count). The first-order valence-electron chi connectivity index (χ1n) is 5.38. The van der Waals surface area contributed by atoms with Crippen molar-refractivity contribution in [1.29, 1.82) is 0 Å². The molecule has 1 unspecified atom stereocenters. The fourth-order valence-electron chi connectivity index (χ4n) is 1.20. The van der Waals surface area contributed by atoms with Gasteiger partial charge in [0.2, 0.25) is 0 Å². The Morgan fingerprint density at radius 1 is 1.28 bits per heavy atom. The molecular weight excluding hydrogens is 274 g/mol. The van der Waals surface area contributed by atoms with Gasteiger partial charge >= 0.3 is 0 Å². The van der Waals surface area contributed by atoms with Gasteiger partial charge in [-0.1, -0.05) is 12.1 Å². The largest absolute Gasteiger partial charge is 0.490 e. The zero-order valence-corrected chi connectivity index (χ0v) is 11.8. The molecule has 0 aliphatic heterocycles. The van der Waals surface area contributed by atoms with Crippen molar-refractivity contribution in [3.63, 3.8) is 0 Å². The first-order valence-corrected chi connectivity index (χ1v) is 8.93. The van der Waals surface area contributed by atoms with Gasteiger partial charge in [-0.15, -0.1) is 0 Å². The van der Waals surface area contributed by atoms with Gasteiger partial charge in [0.05, 0.1) is 23.8 Å². The zero-order chi connectivity index (χ0) is 13.6. The van der Waals surface area contributed by atoms with E-state index in [9.17, 15) is 12.6 Å². The van der Waals surface area contributed by atoms with Gasteiger partial charge in [-0.05, 0) is 12.1 Å². The van der Waals surface area contributed by atoms with Crippen LogP contribution in [-0.4, -0.2) is 42.7 Å². The van der Waals surface area contributed by atoms with E-state index in [1.807, 2.05) is 0 Å². The summed E-state index contributed by atoms with van der Waals surface area (Å²) in [6.45, 7) is 0.255. The fraction of sp³-hybridized carbons (Fsp3) is 0.455. The fourth-order valence-corrected chi connectivity index (χ4v) is 3.63. The standard InChI is InChI=1S/C11H17NO4S2/c1-18(14,15)9-8-17(13)7-6-16-11-5-3-2-4-10(11)12/h2-5H,6-9,12H2,1H3. The van der Waals surface area contributed by atoms with Crippen LogP contribution in [0.5, 0.6) is 5.75 Å². The molecule has 1 aromatic rings. The first-order chi connectivity index (χ1) is 8.38. The van der Waals surface area contributed by atoms with E-state index in [1.165, 1.54) is 0 Å². The van der Waals surface area contributed by atoms with Crippen molar-refractivity contribution in [3.05, 3.63) is 24.3 Å². The lowest BCUT2D eigenvalue weighted by atomic mass is 10.3. The second-order valence-corrected chi connectivity index (χ2v) is 7.82. The molecule has 0 heterocycles. The van der Waals surface area contributed by atoms with Crippen LogP contribution in [0.25, 0.3) is 0 Å². The Kier molecular flexibility index (Phi) is 5.61. The van der Waals surface area contributed by atoms with Gasteiger partial charge in [0, 0.05) is 22.8 Å². The van der Waals surface area contributed by atoms with Crippen molar-refractivity contribution in [3.8, 4) is 5.75 Å². The summed E-state index contributed by atoms with van der Waals surface area (Å²) in [7, 11) is -4.25. The Balaban J connectivity index is 2.30. The van der Waals surface area contributed by atoms with Crippen LogP contribution in [0.1, 0.15) is 0 Å². The minimum absolute atomic E-state index is 0.0624. The average molecular weight is 291 g/mol. The van der Waals surface area contributed by atoms with Gasteiger partial charge in [0.1, 0.15) is 15.6 Å². The number of para-hydroxylation sites is 2. The Hall–Kier alpha value is -1.08. The molecule has 0 aromatic heterocycles. The van der Waals surface area contributed by atoms with Crippen LogP contribution in [0.15, 0.2) is 24.3 Å². The number of sulfone groups is 1. The second kappa shape index (κ2) is 6.75. The molecule has 0 saturated heterocycles. The maximum atomic E-state index is 11.5. The topological polar surface area (TPSA) is 86.5 Å². The minimum Gasteiger partial charge on any atom is -0.490 e. The van der Waals surface area contributed by atoms with Crippen LogP contribution < -0.4 is 10.5 Å². The van der Waals surface area contributed by atoms with Crippen molar-refractivity contribution in [2.24, 2.45) is 0 Å². The number of anilines is 1. The van der Waals surface area contributed by atoms with E-state index in [4.69, 9.17) is 10.5 Å². The lowest BCUT2D eigenvalue weighted by Crippen LogP contribution is -2.17.